The van der Waals surface area contributed by atoms with Crippen molar-refractivity contribution in [1.82, 2.24) is 0 Å². The minimum absolute atomic E-state index is 0.0474. The molecule has 0 aliphatic rings. The maximum absolute atomic E-state index is 12.5. The first-order chi connectivity index (χ1) is 23.8. The number of carbonyl (C=O) groups excluding carboxylic acids is 2. The minimum atomic E-state index is -4.38. The van der Waals surface area contributed by atoms with Crippen LogP contribution < -0.4 is 5.73 Å². The number of nitrogens with two attached hydrogens (primary N) is 1. The van der Waals surface area contributed by atoms with Gasteiger partial charge in [-0.15, -0.1) is 0 Å². The molecule has 0 aromatic carbocycles. The summed E-state index contributed by atoms with van der Waals surface area (Å²) < 4.78 is 32.6. The highest BCUT2D eigenvalue weighted by atomic mass is 31.2. The molecule has 10 heteroatoms. The third-order valence-electron chi connectivity index (χ3n) is 8.03. The molecule has 0 amide bonds. The molecule has 9 nitrogen and oxygen atoms in total. The topological polar surface area (TPSA) is 134 Å². The van der Waals surface area contributed by atoms with Crippen LogP contribution in [0.3, 0.4) is 0 Å². The summed E-state index contributed by atoms with van der Waals surface area (Å²) in [5.74, 6) is -0.890. The zero-order valence-corrected chi connectivity index (χ0v) is 32.1. The van der Waals surface area contributed by atoms with E-state index in [1.807, 2.05) is 0 Å². The Morgan fingerprint density at radius 1 is 0.612 bits per heavy atom. The highest BCUT2D eigenvalue weighted by molar-refractivity contribution is 7.47. The first-order valence-corrected chi connectivity index (χ1v) is 21.0. The van der Waals surface area contributed by atoms with Gasteiger partial charge in [-0.3, -0.25) is 18.6 Å². The molecule has 0 heterocycles. The Balaban J connectivity index is 4.28. The van der Waals surface area contributed by atoms with E-state index in [1.165, 1.54) is 83.5 Å². The van der Waals surface area contributed by atoms with E-state index >= 15 is 0 Å². The van der Waals surface area contributed by atoms with Gasteiger partial charge in [0, 0.05) is 19.4 Å². The summed E-state index contributed by atoms with van der Waals surface area (Å²) in [7, 11) is -4.38. The van der Waals surface area contributed by atoms with Crippen molar-refractivity contribution in [1.29, 1.82) is 0 Å². The van der Waals surface area contributed by atoms with Crippen LogP contribution in [0.25, 0.3) is 0 Å². The molecular formula is C39H72NO8P. The number of ether oxygens (including phenoxy) is 2. The molecule has 0 rings (SSSR count). The predicted molar refractivity (Wildman–Crippen MR) is 201 cm³/mol. The van der Waals surface area contributed by atoms with Crippen molar-refractivity contribution in [3.8, 4) is 0 Å². The Morgan fingerprint density at radius 2 is 1.08 bits per heavy atom. The third-order valence-corrected chi connectivity index (χ3v) is 9.01. The van der Waals surface area contributed by atoms with Crippen LogP contribution in [0.4, 0.5) is 0 Å². The van der Waals surface area contributed by atoms with E-state index in [1.54, 1.807) is 0 Å². The fourth-order valence-corrected chi connectivity index (χ4v) is 5.89. The standard InChI is InChI=1S/C39H72NO8P/c1-3-5-7-9-11-13-15-16-17-18-19-20-22-23-25-27-29-31-38(41)45-35-37(36-47-49(43,44)46-34-33-40)48-39(42)32-30-28-26-24-21-14-12-10-8-6-4-2/h16-17,19-20,23,25,37H,3-15,18,21-22,24,26-36,40H2,1-2H3,(H,43,44)/b17-16+,20-19+,25-23+/t37-/m0/s1. The maximum atomic E-state index is 12.5. The maximum Gasteiger partial charge on any atom is 0.472 e. The largest absolute Gasteiger partial charge is 0.472 e. The van der Waals surface area contributed by atoms with Gasteiger partial charge in [-0.2, -0.15) is 0 Å². The molecule has 0 aliphatic heterocycles. The summed E-state index contributed by atoms with van der Waals surface area (Å²) in [6.07, 6.45) is 37.5. The Bertz CT molecular complexity index is 907. The van der Waals surface area contributed by atoms with E-state index in [0.717, 1.165) is 44.9 Å². The zero-order chi connectivity index (χ0) is 36.1. The number of rotatable bonds is 36. The van der Waals surface area contributed by atoms with Gasteiger partial charge >= 0.3 is 19.8 Å². The average Bonchev–Trinajstić information content (AvgIpc) is 3.08. The van der Waals surface area contributed by atoms with E-state index in [-0.39, 0.29) is 32.6 Å². The molecule has 0 radical (unpaired) electrons. The number of phosphoric ester groups is 1. The molecule has 0 fully saturated rings. The molecule has 3 N–H and O–H groups in total. The minimum Gasteiger partial charge on any atom is -0.462 e. The van der Waals surface area contributed by atoms with E-state index in [4.69, 9.17) is 24.3 Å². The first-order valence-electron chi connectivity index (χ1n) is 19.5. The molecule has 0 spiro atoms. The fraction of sp³-hybridized carbons (Fsp3) is 0.795. The highest BCUT2D eigenvalue weighted by Crippen LogP contribution is 2.43. The number of allylic oxidation sites excluding steroid dienone is 6. The van der Waals surface area contributed by atoms with Crippen LogP contribution in [0.2, 0.25) is 0 Å². The summed E-state index contributed by atoms with van der Waals surface area (Å²) >= 11 is 0. The Labute approximate surface area is 299 Å². The lowest BCUT2D eigenvalue weighted by atomic mass is 10.1. The molecule has 0 saturated carbocycles. The fourth-order valence-electron chi connectivity index (χ4n) is 5.12. The quantitative estimate of drug-likeness (QED) is 0.0281. The first kappa shape index (κ1) is 47.2. The van der Waals surface area contributed by atoms with Gasteiger partial charge < -0.3 is 20.1 Å². The van der Waals surface area contributed by atoms with Gasteiger partial charge in [-0.05, 0) is 44.9 Å². The molecule has 2 atom stereocenters. The van der Waals surface area contributed by atoms with Gasteiger partial charge in [0.1, 0.15) is 6.61 Å². The van der Waals surface area contributed by atoms with Crippen molar-refractivity contribution >= 4 is 19.8 Å². The van der Waals surface area contributed by atoms with Crippen molar-refractivity contribution in [2.24, 2.45) is 5.73 Å². The highest BCUT2D eigenvalue weighted by Gasteiger charge is 2.25. The predicted octanol–water partition coefficient (Wildman–Crippen LogP) is 10.6. The molecule has 0 saturated heterocycles. The van der Waals surface area contributed by atoms with Crippen LogP contribution in [0.15, 0.2) is 36.5 Å². The molecular weight excluding hydrogens is 641 g/mol. The van der Waals surface area contributed by atoms with Gasteiger partial charge in [-0.1, -0.05) is 147 Å². The second-order valence-electron chi connectivity index (χ2n) is 12.8. The number of carbonyl (C=O) groups is 2. The third kappa shape index (κ3) is 35.8. The summed E-state index contributed by atoms with van der Waals surface area (Å²) in [5, 5.41) is 0. The van der Waals surface area contributed by atoms with Crippen molar-refractivity contribution in [2.75, 3.05) is 26.4 Å². The lowest BCUT2D eigenvalue weighted by molar-refractivity contribution is -0.161. The SMILES string of the molecule is CCCCCCCC/C=C/C/C=C/C/C=C/CCCC(=O)OC[C@@H](COP(=O)(O)OCCN)OC(=O)CCCCCCCCCCCCC. The van der Waals surface area contributed by atoms with Crippen molar-refractivity contribution in [3.05, 3.63) is 36.5 Å². The van der Waals surface area contributed by atoms with Gasteiger partial charge in [0.05, 0.1) is 13.2 Å². The van der Waals surface area contributed by atoms with E-state index in [2.05, 4.69) is 50.3 Å². The zero-order valence-electron chi connectivity index (χ0n) is 31.2. The van der Waals surface area contributed by atoms with Gasteiger partial charge in [0.25, 0.3) is 0 Å². The molecule has 286 valence electrons. The summed E-state index contributed by atoms with van der Waals surface area (Å²) in [4.78, 5) is 34.7. The molecule has 0 aromatic heterocycles. The lowest BCUT2D eigenvalue weighted by Crippen LogP contribution is -2.29. The number of esters is 2. The number of hydrogen-bond acceptors (Lipinski definition) is 8. The van der Waals surface area contributed by atoms with Crippen LogP contribution in [-0.4, -0.2) is 49.3 Å². The van der Waals surface area contributed by atoms with Crippen molar-refractivity contribution < 1.29 is 37.6 Å². The van der Waals surface area contributed by atoms with E-state index < -0.39 is 32.5 Å². The van der Waals surface area contributed by atoms with Crippen LogP contribution in [0, 0.1) is 0 Å². The van der Waals surface area contributed by atoms with E-state index in [0.29, 0.717) is 12.8 Å². The second-order valence-corrected chi connectivity index (χ2v) is 14.3. The Kier molecular flexibility index (Phi) is 34.7. The molecule has 0 aromatic rings. The summed E-state index contributed by atoms with van der Waals surface area (Å²) in [6, 6.07) is 0. The van der Waals surface area contributed by atoms with Crippen LogP contribution in [0.5, 0.6) is 0 Å². The normalized spacial score (nSPS) is 13.8. The number of hydrogen-bond donors (Lipinski definition) is 2. The second kappa shape index (κ2) is 36.0. The van der Waals surface area contributed by atoms with Crippen LogP contribution >= 0.6 is 7.82 Å². The average molecular weight is 714 g/mol. The van der Waals surface area contributed by atoms with Crippen LogP contribution in [0.1, 0.15) is 168 Å². The van der Waals surface area contributed by atoms with Gasteiger partial charge in [0.2, 0.25) is 0 Å². The molecule has 0 bridgehead atoms. The van der Waals surface area contributed by atoms with Gasteiger partial charge in [-0.25, -0.2) is 4.57 Å². The summed E-state index contributed by atoms with van der Waals surface area (Å²) in [5.41, 5.74) is 5.32. The monoisotopic (exact) mass is 713 g/mol. The van der Waals surface area contributed by atoms with E-state index in [9.17, 15) is 19.0 Å². The molecule has 1 unspecified atom stereocenters. The summed E-state index contributed by atoms with van der Waals surface area (Å²) in [6.45, 7) is 3.65. The molecule has 0 aliphatic carbocycles. The Hall–Kier alpha value is -1.77. The number of unbranched alkanes of at least 4 members (excludes halogenated alkanes) is 17. The Morgan fingerprint density at radius 3 is 1.63 bits per heavy atom. The van der Waals surface area contributed by atoms with Gasteiger partial charge in [0.15, 0.2) is 6.10 Å². The number of phosphoric acid groups is 1. The van der Waals surface area contributed by atoms with Crippen molar-refractivity contribution in [2.45, 2.75) is 174 Å². The molecule has 49 heavy (non-hydrogen) atoms. The van der Waals surface area contributed by atoms with Crippen molar-refractivity contribution in [3.63, 3.8) is 0 Å². The van der Waals surface area contributed by atoms with Crippen LogP contribution in [-0.2, 0) is 32.7 Å². The smallest absolute Gasteiger partial charge is 0.462 e. The lowest BCUT2D eigenvalue weighted by Gasteiger charge is -2.19.